The first-order valence-corrected chi connectivity index (χ1v) is 8.80. The van der Waals surface area contributed by atoms with Gasteiger partial charge in [0.1, 0.15) is 24.3 Å². The number of aromatic nitrogens is 1. The smallest absolute Gasteiger partial charge is 0.161 e. The first-order valence-electron chi connectivity index (χ1n) is 7.92. The van der Waals surface area contributed by atoms with E-state index >= 15 is 0 Å². The monoisotopic (exact) mass is 332 g/mol. The maximum absolute atomic E-state index is 5.90. The minimum absolute atomic E-state index is 0.0830. The van der Waals surface area contributed by atoms with Crippen LogP contribution in [0.3, 0.4) is 0 Å². The Hall–Kier alpha value is -1.63. The highest BCUT2D eigenvalue weighted by Gasteiger charge is 2.24. The number of fused-ring (bicyclic) bond motifs is 1. The van der Waals surface area contributed by atoms with Crippen LogP contribution in [0.5, 0.6) is 11.5 Å². The molecule has 0 aliphatic carbocycles. The van der Waals surface area contributed by atoms with Gasteiger partial charge in [-0.05, 0) is 24.6 Å². The van der Waals surface area contributed by atoms with E-state index in [-0.39, 0.29) is 6.10 Å². The first kappa shape index (κ1) is 14.9. The molecule has 1 aromatic carbocycles. The molecule has 0 amide bonds. The number of hydrogen-bond acceptors (Lipinski definition) is 6. The molecule has 2 aliphatic rings. The van der Waals surface area contributed by atoms with Gasteiger partial charge in [-0.3, -0.25) is 4.90 Å². The van der Waals surface area contributed by atoms with Gasteiger partial charge >= 0.3 is 0 Å². The van der Waals surface area contributed by atoms with Gasteiger partial charge in [0, 0.05) is 30.7 Å². The Bertz CT molecular complexity index is 688. The van der Waals surface area contributed by atoms with Crippen molar-refractivity contribution in [2.24, 2.45) is 0 Å². The van der Waals surface area contributed by atoms with Crippen molar-refractivity contribution in [1.82, 2.24) is 9.88 Å². The van der Waals surface area contributed by atoms with E-state index in [4.69, 9.17) is 14.2 Å². The Morgan fingerprint density at radius 1 is 1.22 bits per heavy atom. The fourth-order valence-corrected chi connectivity index (χ4v) is 3.79. The van der Waals surface area contributed by atoms with Gasteiger partial charge in [-0.1, -0.05) is 6.07 Å². The van der Waals surface area contributed by atoms with Crippen LogP contribution >= 0.6 is 11.3 Å². The predicted molar refractivity (Wildman–Crippen MR) is 88.3 cm³/mol. The fourth-order valence-electron chi connectivity index (χ4n) is 2.96. The number of aryl methyl sites for hydroxylation is 1. The molecule has 1 fully saturated rings. The molecule has 4 rings (SSSR count). The van der Waals surface area contributed by atoms with E-state index < -0.39 is 0 Å². The van der Waals surface area contributed by atoms with E-state index in [2.05, 4.69) is 27.4 Å². The number of rotatable bonds is 3. The van der Waals surface area contributed by atoms with Gasteiger partial charge in [0.25, 0.3) is 0 Å². The van der Waals surface area contributed by atoms with Crippen molar-refractivity contribution in [1.29, 1.82) is 0 Å². The summed E-state index contributed by atoms with van der Waals surface area (Å²) in [6.45, 7) is 6.73. The molecule has 3 heterocycles. The van der Waals surface area contributed by atoms with Gasteiger partial charge in [0.15, 0.2) is 11.5 Å². The van der Waals surface area contributed by atoms with Crippen LogP contribution in [0.15, 0.2) is 23.6 Å². The maximum atomic E-state index is 5.90. The second-order valence-electron chi connectivity index (χ2n) is 5.90. The molecule has 6 heteroatoms. The fraction of sp³-hybridized carbons (Fsp3) is 0.471. The zero-order chi connectivity index (χ0) is 15.6. The summed E-state index contributed by atoms with van der Waals surface area (Å²) >= 11 is 1.68. The van der Waals surface area contributed by atoms with E-state index in [0.29, 0.717) is 13.2 Å². The van der Waals surface area contributed by atoms with Gasteiger partial charge in [-0.25, -0.2) is 4.98 Å². The highest BCUT2D eigenvalue weighted by molar-refractivity contribution is 7.09. The minimum Gasteiger partial charge on any atom is -0.486 e. The normalized spacial score (nSPS) is 21.3. The third-order valence-electron chi connectivity index (χ3n) is 4.08. The van der Waals surface area contributed by atoms with Crippen molar-refractivity contribution in [3.8, 4) is 11.5 Å². The number of nitrogens with zero attached hydrogens (tertiary/aromatic N) is 2. The largest absolute Gasteiger partial charge is 0.486 e. The highest BCUT2D eigenvalue weighted by atomic mass is 32.1. The third-order valence-corrected chi connectivity index (χ3v) is 5.13. The molecule has 1 saturated heterocycles. The Morgan fingerprint density at radius 2 is 2.09 bits per heavy atom. The number of thiazole rings is 1. The number of morpholine rings is 1. The molecule has 0 spiro atoms. The summed E-state index contributed by atoms with van der Waals surface area (Å²) in [6.07, 6.45) is 0.0830. The highest BCUT2D eigenvalue weighted by Crippen LogP contribution is 2.32. The van der Waals surface area contributed by atoms with Gasteiger partial charge in [-0.15, -0.1) is 11.3 Å². The lowest BCUT2D eigenvalue weighted by Crippen LogP contribution is -2.37. The first-order chi connectivity index (χ1) is 11.3. The molecule has 2 aliphatic heterocycles. The summed E-state index contributed by atoms with van der Waals surface area (Å²) in [4.78, 5) is 6.98. The average molecular weight is 332 g/mol. The minimum atomic E-state index is 0.0830. The molecule has 122 valence electrons. The van der Waals surface area contributed by atoms with Crippen molar-refractivity contribution in [2.45, 2.75) is 19.6 Å². The van der Waals surface area contributed by atoms with E-state index in [1.54, 1.807) is 11.3 Å². The zero-order valence-corrected chi connectivity index (χ0v) is 14.0. The van der Waals surface area contributed by atoms with Crippen molar-refractivity contribution in [2.75, 3.05) is 32.9 Å². The van der Waals surface area contributed by atoms with Gasteiger partial charge in [0.2, 0.25) is 0 Å². The van der Waals surface area contributed by atoms with Crippen LogP contribution in [-0.2, 0) is 11.3 Å². The molecule has 0 N–H and O–H groups in total. The Kier molecular flexibility index (Phi) is 4.20. The number of benzene rings is 1. The Labute approximate surface area is 139 Å². The molecular weight excluding hydrogens is 312 g/mol. The van der Waals surface area contributed by atoms with Gasteiger partial charge in [-0.2, -0.15) is 0 Å². The average Bonchev–Trinajstić information content (AvgIpc) is 3.02. The second kappa shape index (κ2) is 6.47. The SMILES string of the molecule is Cc1csc([C@@H]2CN(Cc3ccc4c(c3)OCCO4)CCO2)n1. The Balaban J connectivity index is 1.44. The molecule has 0 unspecified atom stereocenters. The van der Waals surface area contributed by atoms with Crippen molar-refractivity contribution >= 4 is 11.3 Å². The summed E-state index contributed by atoms with van der Waals surface area (Å²) in [5.41, 5.74) is 2.31. The third kappa shape index (κ3) is 3.34. The van der Waals surface area contributed by atoms with Crippen molar-refractivity contribution < 1.29 is 14.2 Å². The zero-order valence-electron chi connectivity index (χ0n) is 13.2. The van der Waals surface area contributed by atoms with E-state index in [1.807, 2.05) is 13.0 Å². The molecule has 23 heavy (non-hydrogen) atoms. The summed E-state index contributed by atoms with van der Waals surface area (Å²) < 4.78 is 17.1. The van der Waals surface area contributed by atoms with Crippen molar-refractivity contribution in [3.63, 3.8) is 0 Å². The molecule has 0 saturated carbocycles. The summed E-state index contributed by atoms with van der Waals surface area (Å²) in [7, 11) is 0. The molecule has 2 aromatic rings. The summed E-state index contributed by atoms with van der Waals surface area (Å²) in [6, 6.07) is 6.21. The molecule has 0 bridgehead atoms. The van der Waals surface area contributed by atoms with Crippen LogP contribution < -0.4 is 9.47 Å². The topological polar surface area (TPSA) is 43.8 Å². The van der Waals surface area contributed by atoms with Gasteiger partial charge < -0.3 is 14.2 Å². The van der Waals surface area contributed by atoms with Crippen LogP contribution in [0.2, 0.25) is 0 Å². The van der Waals surface area contributed by atoms with Gasteiger partial charge in [0.05, 0.1) is 6.61 Å². The predicted octanol–water partition coefficient (Wildman–Crippen LogP) is 2.80. The number of ether oxygens (including phenoxy) is 3. The number of hydrogen-bond donors (Lipinski definition) is 0. The second-order valence-corrected chi connectivity index (χ2v) is 6.79. The van der Waals surface area contributed by atoms with Crippen LogP contribution in [0.1, 0.15) is 22.4 Å². The summed E-state index contributed by atoms with van der Waals surface area (Å²) in [5.74, 6) is 1.70. The van der Waals surface area contributed by atoms with E-state index in [1.165, 1.54) is 5.56 Å². The van der Waals surface area contributed by atoms with Crippen molar-refractivity contribution in [3.05, 3.63) is 39.8 Å². The quantitative estimate of drug-likeness (QED) is 0.865. The Morgan fingerprint density at radius 3 is 2.91 bits per heavy atom. The van der Waals surface area contributed by atoms with E-state index in [0.717, 1.165) is 48.4 Å². The standard InChI is InChI=1S/C17H20N2O3S/c1-12-11-23-17(18-12)16-10-19(4-5-20-16)9-13-2-3-14-15(8-13)22-7-6-21-14/h2-3,8,11,16H,4-7,9-10H2,1H3/t16-/m0/s1. The lowest BCUT2D eigenvalue weighted by Gasteiger charge is -2.32. The van der Waals surface area contributed by atoms with Crippen LogP contribution in [0.4, 0.5) is 0 Å². The lowest BCUT2D eigenvalue weighted by atomic mass is 10.1. The maximum Gasteiger partial charge on any atom is 0.161 e. The summed E-state index contributed by atoms with van der Waals surface area (Å²) in [5, 5.41) is 3.16. The van der Waals surface area contributed by atoms with E-state index in [9.17, 15) is 0 Å². The molecular formula is C17H20N2O3S. The molecule has 1 aromatic heterocycles. The lowest BCUT2D eigenvalue weighted by molar-refractivity contribution is -0.0330. The van der Waals surface area contributed by atoms with Crippen LogP contribution in [0, 0.1) is 6.92 Å². The molecule has 0 radical (unpaired) electrons. The molecule has 1 atom stereocenters. The molecule has 5 nitrogen and oxygen atoms in total. The van der Waals surface area contributed by atoms with Crippen LogP contribution in [0.25, 0.3) is 0 Å². The van der Waals surface area contributed by atoms with Crippen LogP contribution in [-0.4, -0.2) is 42.8 Å².